The van der Waals surface area contributed by atoms with Crippen LogP contribution >= 0.6 is 0 Å². The van der Waals surface area contributed by atoms with Gasteiger partial charge in [-0.25, -0.2) is 0 Å². The summed E-state index contributed by atoms with van der Waals surface area (Å²) in [6.07, 6.45) is 0. The van der Waals surface area contributed by atoms with Crippen molar-refractivity contribution in [1.82, 2.24) is 4.57 Å². The number of aromatic nitrogens is 1. The van der Waals surface area contributed by atoms with Crippen molar-refractivity contribution in [3.63, 3.8) is 0 Å². The van der Waals surface area contributed by atoms with E-state index < -0.39 is 0 Å². The Morgan fingerprint density at radius 2 is 1.00 bits per heavy atom. The number of furan rings is 3. The van der Waals surface area contributed by atoms with Crippen LogP contribution in [0.15, 0.2) is 153 Å². The topological polar surface area (TPSA) is 44.4 Å². The van der Waals surface area contributed by atoms with Gasteiger partial charge in [0.25, 0.3) is 0 Å². The van der Waals surface area contributed by atoms with E-state index in [4.69, 9.17) is 13.3 Å². The van der Waals surface area contributed by atoms with Gasteiger partial charge in [-0.3, -0.25) is 0 Å². The van der Waals surface area contributed by atoms with Gasteiger partial charge in [0.1, 0.15) is 33.5 Å². The minimum absolute atomic E-state index is 0.854. The number of hydrogen-bond donors (Lipinski definition) is 0. The molecule has 0 unspecified atom stereocenters. The summed E-state index contributed by atoms with van der Waals surface area (Å²) in [5, 5.41) is 9.12. The summed E-state index contributed by atoms with van der Waals surface area (Å²) in [5.74, 6) is 0. The Labute approximate surface area is 261 Å². The Balaban J connectivity index is 1.12. The van der Waals surface area contributed by atoms with Gasteiger partial charge in [-0.1, -0.05) is 72.8 Å². The van der Waals surface area contributed by atoms with E-state index in [1.807, 2.05) is 30.3 Å². The molecule has 0 saturated carbocycles. The van der Waals surface area contributed by atoms with Crippen LogP contribution in [0.2, 0.25) is 0 Å². The fourth-order valence-electron chi connectivity index (χ4n) is 7.55. The van der Waals surface area contributed by atoms with Crippen molar-refractivity contribution in [2.24, 2.45) is 0 Å². The third-order valence-electron chi connectivity index (χ3n) is 9.60. The molecule has 0 bridgehead atoms. The highest BCUT2D eigenvalue weighted by Crippen LogP contribution is 2.41. The highest BCUT2D eigenvalue weighted by molar-refractivity contribution is 6.18. The van der Waals surface area contributed by atoms with Crippen LogP contribution in [0.1, 0.15) is 0 Å². The summed E-state index contributed by atoms with van der Waals surface area (Å²) in [6.45, 7) is 0. The number of benzene rings is 7. The molecule has 4 heteroatoms. The molecule has 0 N–H and O–H groups in total. The fraction of sp³-hybridized carbons (Fsp3) is 0. The highest BCUT2D eigenvalue weighted by Gasteiger charge is 2.18. The van der Waals surface area contributed by atoms with Crippen LogP contribution in [0.25, 0.3) is 104 Å². The van der Waals surface area contributed by atoms with Gasteiger partial charge < -0.3 is 17.8 Å². The minimum Gasteiger partial charge on any atom is -0.456 e. The maximum absolute atomic E-state index is 6.51. The quantitative estimate of drug-likeness (QED) is 0.201. The number of para-hydroxylation sites is 3. The van der Waals surface area contributed by atoms with Gasteiger partial charge in [0.2, 0.25) is 0 Å². The van der Waals surface area contributed by atoms with Crippen LogP contribution in [-0.2, 0) is 0 Å². The first-order valence-corrected chi connectivity index (χ1v) is 15.5. The Morgan fingerprint density at radius 3 is 1.89 bits per heavy atom. The SMILES string of the molecule is c1ccc2c(c1)oc1cc3c(cc12)c1ccccc1n3-c1ccc2c(c1)oc1ccc(-c3cccc4oc5ccccc5c34)cc12. The molecule has 4 heterocycles. The van der Waals surface area contributed by atoms with Crippen LogP contribution in [0.5, 0.6) is 0 Å². The Morgan fingerprint density at radius 1 is 0.348 bits per heavy atom. The maximum atomic E-state index is 6.51. The molecule has 0 amide bonds. The van der Waals surface area contributed by atoms with Crippen LogP contribution < -0.4 is 0 Å². The second-order valence-electron chi connectivity index (χ2n) is 12.1. The largest absolute Gasteiger partial charge is 0.456 e. The molecule has 0 fully saturated rings. The van der Waals surface area contributed by atoms with Crippen molar-refractivity contribution in [3.05, 3.63) is 140 Å². The third-order valence-corrected chi connectivity index (χ3v) is 9.60. The summed E-state index contributed by atoms with van der Waals surface area (Å²) >= 11 is 0. The summed E-state index contributed by atoms with van der Waals surface area (Å²) in [4.78, 5) is 0. The average Bonchev–Trinajstić information content (AvgIpc) is 3.85. The average molecular weight is 590 g/mol. The molecule has 0 spiro atoms. The molecule has 0 radical (unpaired) electrons. The Kier molecular flexibility index (Phi) is 4.55. The second kappa shape index (κ2) is 8.68. The van der Waals surface area contributed by atoms with Crippen LogP contribution in [-0.4, -0.2) is 4.57 Å². The van der Waals surface area contributed by atoms with Gasteiger partial charge in [-0.2, -0.15) is 0 Å². The molecule has 4 nitrogen and oxygen atoms in total. The van der Waals surface area contributed by atoms with Gasteiger partial charge in [0, 0.05) is 60.9 Å². The van der Waals surface area contributed by atoms with E-state index in [0.29, 0.717) is 0 Å². The van der Waals surface area contributed by atoms with Crippen molar-refractivity contribution in [2.45, 2.75) is 0 Å². The predicted molar refractivity (Wildman–Crippen MR) is 188 cm³/mol. The van der Waals surface area contributed by atoms with E-state index in [9.17, 15) is 0 Å². The molecule has 0 aliphatic carbocycles. The van der Waals surface area contributed by atoms with E-state index >= 15 is 0 Å². The highest BCUT2D eigenvalue weighted by atomic mass is 16.3. The molecular formula is C42H23NO3. The molecule has 11 aromatic rings. The van der Waals surface area contributed by atoms with Crippen LogP contribution in [0.4, 0.5) is 0 Å². The number of hydrogen-bond acceptors (Lipinski definition) is 3. The zero-order chi connectivity index (χ0) is 29.9. The first-order chi connectivity index (χ1) is 22.8. The molecular weight excluding hydrogens is 566 g/mol. The molecule has 4 aromatic heterocycles. The number of nitrogens with zero attached hydrogens (tertiary/aromatic N) is 1. The van der Waals surface area contributed by atoms with Crippen molar-refractivity contribution < 1.29 is 13.3 Å². The molecule has 7 aromatic carbocycles. The van der Waals surface area contributed by atoms with E-state index in [1.165, 1.54) is 10.8 Å². The summed E-state index contributed by atoms with van der Waals surface area (Å²) in [6, 6.07) is 48.8. The van der Waals surface area contributed by atoms with Crippen molar-refractivity contribution >= 4 is 87.6 Å². The van der Waals surface area contributed by atoms with Crippen molar-refractivity contribution in [1.29, 1.82) is 0 Å². The van der Waals surface area contributed by atoms with Gasteiger partial charge in [-0.05, 0) is 65.7 Å². The van der Waals surface area contributed by atoms with Crippen molar-refractivity contribution in [3.8, 4) is 16.8 Å². The van der Waals surface area contributed by atoms with Crippen molar-refractivity contribution in [2.75, 3.05) is 0 Å². The number of fused-ring (bicyclic) bond motifs is 12. The van der Waals surface area contributed by atoms with Gasteiger partial charge in [-0.15, -0.1) is 0 Å². The van der Waals surface area contributed by atoms with E-state index in [1.54, 1.807) is 0 Å². The Bertz CT molecular complexity index is 3040. The lowest BCUT2D eigenvalue weighted by Gasteiger charge is -2.08. The smallest absolute Gasteiger partial charge is 0.137 e. The third kappa shape index (κ3) is 3.17. The van der Waals surface area contributed by atoms with Gasteiger partial charge in [0.05, 0.1) is 11.0 Å². The minimum atomic E-state index is 0.854. The molecule has 11 rings (SSSR count). The molecule has 46 heavy (non-hydrogen) atoms. The summed E-state index contributed by atoms with van der Waals surface area (Å²) in [5.41, 5.74) is 10.9. The van der Waals surface area contributed by atoms with E-state index in [0.717, 1.165) is 93.7 Å². The predicted octanol–water partition coefficient (Wildman–Crippen LogP) is 12.1. The van der Waals surface area contributed by atoms with Crippen LogP contribution in [0.3, 0.4) is 0 Å². The molecule has 214 valence electrons. The first kappa shape index (κ1) is 24.1. The Hall–Kier alpha value is -6.26. The maximum Gasteiger partial charge on any atom is 0.137 e. The zero-order valence-corrected chi connectivity index (χ0v) is 24.5. The standard InChI is InChI=1S/C42H23NO3/c1-4-12-34-27(8-1)31-22-33-28-9-2-5-13-36(28)45-41(33)23-35(31)43(34)25-17-18-29-32-20-24(16-19-38(32)46-40(29)21-25)26-11-7-15-39-42(26)30-10-3-6-14-37(30)44-39/h1-23H. The lowest BCUT2D eigenvalue weighted by molar-refractivity contribution is 0.668. The molecule has 0 aliphatic heterocycles. The summed E-state index contributed by atoms with van der Waals surface area (Å²) in [7, 11) is 0. The number of rotatable bonds is 2. The summed E-state index contributed by atoms with van der Waals surface area (Å²) < 4.78 is 21.3. The van der Waals surface area contributed by atoms with Gasteiger partial charge >= 0.3 is 0 Å². The van der Waals surface area contributed by atoms with Crippen LogP contribution in [0, 0.1) is 0 Å². The fourth-order valence-corrected chi connectivity index (χ4v) is 7.55. The zero-order valence-electron chi connectivity index (χ0n) is 24.5. The monoisotopic (exact) mass is 589 g/mol. The molecule has 0 aliphatic rings. The second-order valence-corrected chi connectivity index (χ2v) is 12.1. The van der Waals surface area contributed by atoms with Gasteiger partial charge in [0.15, 0.2) is 0 Å². The molecule has 0 atom stereocenters. The lowest BCUT2D eigenvalue weighted by Crippen LogP contribution is -1.93. The van der Waals surface area contributed by atoms with E-state index in [-0.39, 0.29) is 0 Å². The first-order valence-electron chi connectivity index (χ1n) is 15.5. The van der Waals surface area contributed by atoms with E-state index in [2.05, 4.69) is 114 Å². The molecule has 0 saturated heterocycles. The normalized spacial score (nSPS) is 12.3. The lowest BCUT2D eigenvalue weighted by atomic mass is 9.98.